The van der Waals surface area contributed by atoms with Crippen LogP contribution in [0.2, 0.25) is 0 Å². The Balaban J connectivity index is 2.46. The largest absolute Gasteiger partial charge is 0.494 e. The summed E-state index contributed by atoms with van der Waals surface area (Å²) in [5, 5.41) is 1.03. The van der Waals surface area contributed by atoms with Crippen LogP contribution in [0.3, 0.4) is 0 Å². The fourth-order valence-electron chi connectivity index (χ4n) is 1.15. The number of rotatable bonds is 2. The molecule has 0 atom stereocenters. The summed E-state index contributed by atoms with van der Waals surface area (Å²) in [4.78, 5) is 0. The van der Waals surface area contributed by atoms with Gasteiger partial charge >= 0.3 is 0 Å². The lowest BCUT2D eigenvalue weighted by atomic mass is 10.2. The Morgan fingerprint density at radius 1 is 1.50 bits per heavy atom. The molecule has 0 saturated heterocycles. The lowest BCUT2D eigenvalue weighted by Gasteiger charge is -2.00. The minimum Gasteiger partial charge on any atom is -0.494 e. The second-order valence-electron chi connectivity index (χ2n) is 2.50. The summed E-state index contributed by atoms with van der Waals surface area (Å²) in [6.07, 6.45) is 2.68. The van der Waals surface area contributed by atoms with E-state index in [1.807, 2.05) is 25.1 Å². The molecule has 0 aliphatic rings. The van der Waals surface area contributed by atoms with Crippen molar-refractivity contribution in [2.75, 3.05) is 6.61 Å². The Kier molecular flexibility index (Phi) is 1.74. The Morgan fingerprint density at radius 3 is 3.25 bits per heavy atom. The third-order valence-electron chi connectivity index (χ3n) is 1.68. The Morgan fingerprint density at radius 2 is 2.42 bits per heavy atom. The van der Waals surface area contributed by atoms with Gasteiger partial charge in [0.05, 0.1) is 6.61 Å². The van der Waals surface area contributed by atoms with E-state index >= 15 is 0 Å². The van der Waals surface area contributed by atoms with Crippen molar-refractivity contribution < 1.29 is 9.15 Å². The molecule has 0 spiro atoms. The summed E-state index contributed by atoms with van der Waals surface area (Å²) in [6.45, 7) is 2.65. The molecule has 0 unspecified atom stereocenters. The lowest BCUT2D eigenvalue weighted by molar-refractivity contribution is 0.340. The molecule has 2 rings (SSSR count). The molecule has 1 radical (unpaired) electrons. The van der Waals surface area contributed by atoms with Gasteiger partial charge in [0.15, 0.2) is 6.26 Å². The fraction of sp³-hybridized carbons (Fsp3) is 0.200. The van der Waals surface area contributed by atoms with Crippen LogP contribution >= 0.6 is 0 Å². The minimum absolute atomic E-state index is 0.688. The summed E-state index contributed by atoms with van der Waals surface area (Å²) in [5.41, 5.74) is 0.846. The zero-order chi connectivity index (χ0) is 8.39. The van der Waals surface area contributed by atoms with Crippen LogP contribution in [0, 0.1) is 6.26 Å². The van der Waals surface area contributed by atoms with Crippen LogP contribution < -0.4 is 4.74 Å². The molecule has 1 heterocycles. The predicted molar refractivity (Wildman–Crippen MR) is 46.2 cm³/mol. The summed E-state index contributed by atoms with van der Waals surface area (Å²) in [6, 6.07) is 7.52. The maximum atomic E-state index is 5.33. The van der Waals surface area contributed by atoms with Crippen molar-refractivity contribution in [3.8, 4) is 5.75 Å². The second-order valence-corrected chi connectivity index (χ2v) is 2.50. The average molecular weight is 161 g/mol. The molecule has 0 aliphatic carbocycles. The molecule has 0 amide bonds. The lowest BCUT2D eigenvalue weighted by Crippen LogP contribution is -1.89. The molecule has 61 valence electrons. The highest BCUT2D eigenvalue weighted by atomic mass is 16.5. The van der Waals surface area contributed by atoms with Crippen molar-refractivity contribution in [2.45, 2.75) is 6.92 Å². The number of furan rings is 1. The number of hydrogen-bond donors (Lipinski definition) is 0. The van der Waals surface area contributed by atoms with Crippen molar-refractivity contribution >= 4 is 11.0 Å². The van der Waals surface area contributed by atoms with E-state index in [0.717, 1.165) is 16.7 Å². The first-order valence-electron chi connectivity index (χ1n) is 3.92. The molecule has 0 N–H and O–H groups in total. The van der Waals surface area contributed by atoms with E-state index < -0.39 is 0 Å². The average Bonchev–Trinajstić information content (AvgIpc) is 2.51. The topological polar surface area (TPSA) is 22.4 Å². The molecule has 0 bridgehead atoms. The molecule has 2 nitrogen and oxygen atoms in total. The van der Waals surface area contributed by atoms with Gasteiger partial charge in [-0.15, -0.1) is 0 Å². The third-order valence-corrected chi connectivity index (χ3v) is 1.68. The van der Waals surface area contributed by atoms with Gasteiger partial charge < -0.3 is 9.15 Å². The van der Waals surface area contributed by atoms with E-state index in [4.69, 9.17) is 9.15 Å². The van der Waals surface area contributed by atoms with Gasteiger partial charge in [-0.1, -0.05) is 0 Å². The van der Waals surface area contributed by atoms with E-state index in [0.29, 0.717) is 6.61 Å². The summed E-state index contributed by atoms with van der Waals surface area (Å²) in [7, 11) is 0. The van der Waals surface area contributed by atoms with Crippen LogP contribution in [0.15, 0.2) is 28.7 Å². The molecule has 0 aliphatic heterocycles. The van der Waals surface area contributed by atoms with Gasteiger partial charge in [0.2, 0.25) is 0 Å². The monoisotopic (exact) mass is 161 g/mol. The van der Waals surface area contributed by atoms with Gasteiger partial charge in [-0.05, 0) is 31.2 Å². The normalized spacial score (nSPS) is 10.4. The van der Waals surface area contributed by atoms with Crippen molar-refractivity contribution in [3.63, 3.8) is 0 Å². The Labute approximate surface area is 70.8 Å². The first-order chi connectivity index (χ1) is 5.90. The molecule has 0 saturated carbocycles. The van der Waals surface area contributed by atoms with E-state index in [-0.39, 0.29) is 0 Å². The summed E-state index contributed by atoms with van der Waals surface area (Å²) < 4.78 is 10.4. The Bertz CT molecular complexity index is 376. The number of ether oxygens (including phenoxy) is 1. The number of benzene rings is 1. The first kappa shape index (κ1) is 7.22. The van der Waals surface area contributed by atoms with Crippen LogP contribution in [0.1, 0.15) is 6.92 Å². The maximum Gasteiger partial charge on any atom is 0.170 e. The van der Waals surface area contributed by atoms with Crippen molar-refractivity contribution in [3.05, 3.63) is 30.5 Å². The summed E-state index contributed by atoms with van der Waals surface area (Å²) in [5.74, 6) is 0.875. The van der Waals surface area contributed by atoms with Gasteiger partial charge in [-0.25, -0.2) is 0 Å². The molecule has 12 heavy (non-hydrogen) atoms. The molecule has 2 heteroatoms. The van der Waals surface area contributed by atoms with Crippen LogP contribution in [-0.4, -0.2) is 6.61 Å². The smallest absolute Gasteiger partial charge is 0.170 e. The van der Waals surface area contributed by atoms with E-state index in [2.05, 4.69) is 6.26 Å². The molecule has 1 aromatic heterocycles. The highest BCUT2D eigenvalue weighted by molar-refractivity contribution is 5.78. The van der Waals surface area contributed by atoms with Gasteiger partial charge in [0.1, 0.15) is 11.3 Å². The van der Waals surface area contributed by atoms with E-state index in [1.54, 1.807) is 6.07 Å². The zero-order valence-electron chi connectivity index (χ0n) is 6.83. The van der Waals surface area contributed by atoms with Crippen LogP contribution in [-0.2, 0) is 0 Å². The van der Waals surface area contributed by atoms with Crippen LogP contribution in [0.5, 0.6) is 5.75 Å². The third kappa shape index (κ3) is 1.16. The standard InChI is InChI=1S/C10H9O2/c1-2-11-9-3-4-10-8(7-9)5-6-12-10/h3-5,7H,2H2,1H3. The molecular weight excluding hydrogens is 152 g/mol. The minimum atomic E-state index is 0.688. The van der Waals surface area contributed by atoms with Crippen molar-refractivity contribution in [1.29, 1.82) is 0 Å². The molecule has 1 aromatic carbocycles. The number of hydrogen-bond acceptors (Lipinski definition) is 2. The van der Waals surface area contributed by atoms with Gasteiger partial charge in [0.25, 0.3) is 0 Å². The Hall–Kier alpha value is -1.44. The van der Waals surface area contributed by atoms with Crippen molar-refractivity contribution in [2.24, 2.45) is 0 Å². The van der Waals surface area contributed by atoms with Gasteiger partial charge in [-0.2, -0.15) is 0 Å². The van der Waals surface area contributed by atoms with E-state index in [1.165, 1.54) is 0 Å². The SMILES string of the molecule is CCOc1ccc2o[c]cc2c1. The fourth-order valence-corrected chi connectivity index (χ4v) is 1.15. The van der Waals surface area contributed by atoms with Crippen molar-refractivity contribution in [1.82, 2.24) is 0 Å². The van der Waals surface area contributed by atoms with Gasteiger partial charge in [-0.3, -0.25) is 0 Å². The maximum absolute atomic E-state index is 5.33. The molecular formula is C10H9O2. The van der Waals surface area contributed by atoms with E-state index in [9.17, 15) is 0 Å². The van der Waals surface area contributed by atoms with Gasteiger partial charge in [0, 0.05) is 5.39 Å². The summed E-state index contributed by atoms with van der Waals surface area (Å²) >= 11 is 0. The highest BCUT2D eigenvalue weighted by Crippen LogP contribution is 2.20. The first-order valence-corrected chi connectivity index (χ1v) is 3.92. The van der Waals surface area contributed by atoms with Crippen LogP contribution in [0.4, 0.5) is 0 Å². The zero-order valence-corrected chi connectivity index (χ0v) is 6.83. The number of fused-ring (bicyclic) bond motifs is 1. The second kappa shape index (κ2) is 2.89. The molecule has 0 fully saturated rings. The van der Waals surface area contributed by atoms with Crippen LogP contribution in [0.25, 0.3) is 11.0 Å². The quantitative estimate of drug-likeness (QED) is 0.675. The predicted octanol–water partition coefficient (Wildman–Crippen LogP) is 2.63. The molecule has 2 aromatic rings. The highest BCUT2D eigenvalue weighted by Gasteiger charge is 1.98.